The lowest BCUT2D eigenvalue weighted by molar-refractivity contribution is 0.454. The van der Waals surface area contributed by atoms with E-state index in [0.717, 1.165) is 18.4 Å². The summed E-state index contributed by atoms with van der Waals surface area (Å²) in [5.74, 6) is 0.0473. The summed E-state index contributed by atoms with van der Waals surface area (Å²) in [7, 11) is -3.29. The molecule has 0 radical (unpaired) electrons. The van der Waals surface area contributed by atoms with E-state index >= 15 is 0 Å². The number of fused-ring (bicyclic) bond motifs is 1. The normalized spacial score (nSPS) is 16.2. The average molecular weight is 497 g/mol. The first-order valence-corrected chi connectivity index (χ1v) is 13.0. The minimum atomic E-state index is -3.29. The van der Waals surface area contributed by atoms with Gasteiger partial charge in [-0.2, -0.15) is 19.6 Å². The molecule has 35 heavy (non-hydrogen) atoms. The van der Waals surface area contributed by atoms with Crippen molar-refractivity contribution < 1.29 is 13.5 Å². The van der Waals surface area contributed by atoms with Crippen LogP contribution in [0.15, 0.2) is 45.1 Å². The Morgan fingerprint density at radius 2 is 2.00 bits per heavy atom. The van der Waals surface area contributed by atoms with Gasteiger partial charge >= 0.3 is 5.69 Å². The summed E-state index contributed by atoms with van der Waals surface area (Å²) in [5, 5.41) is 18.2. The number of nitrogens with one attached hydrogen (secondary N) is 3. The van der Waals surface area contributed by atoms with Gasteiger partial charge in [-0.05, 0) is 43.0 Å². The van der Waals surface area contributed by atoms with Gasteiger partial charge in [-0.15, -0.1) is 0 Å². The number of aromatic amines is 2. The summed E-state index contributed by atoms with van der Waals surface area (Å²) in [5.41, 5.74) is 1.41. The van der Waals surface area contributed by atoms with Crippen LogP contribution in [0.4, 0.5) is 5.95 Å². The predicted octanol–water partition coefficient (Wildman–Crippen LogP) is 0.424. The van der Waals surface area contributed by atoms with Crippen LogP contribution in [0.5, 0.6) is 5.88 Å². The molecule has 1 fully saturated rings. The van der Waals surface area contributed by atoms with Crippen molar-refractivity contribution in [2.24, 2.45) is 4.99 Å². The second-order valence-corrected chi connectivity index (χ2v) is 10.5. The number of hydrogen-bond acceptors (Lipinski definition) is 9. The van der Waals surface area contributed by atoms with Crippen LogP contribution in [0.3, 0.4) is 0 Å². The lowest BCUT2D eigenvalue weighted by Gasteiger charge is -2.17. The molecule has 0 amide bonds. The zero-order valence-corrected chi connectivity index (χ0v) is 19.9. The summed E-state index contributed by atoms with van der Waals surface area (Å²) in [6.07, 6.45) is 6.96. The lowest BCUT2D eigenvalue weighted by Crippen LogP contribution is -2.25. The van der Waals surface area contributed by atoms with Gasteiger partial charge < -0.3 is 15.4 Å². The minimum absolute atomic E-state index is 0.180. The lowest BCUT2D eigenvalue weighted by atomic mass is 10.1. The molecule has 0 aliphatic heterocycles. The number of hydrogen-bond donors (Lipinski definition) is 4. The van der Waals surface area contributed by atoms with E-state index in [-0.39, 0.29) is 28.6 Å². The smallest absolute Gasteiger partial charge is 0.326 e. The van der Waals surface area contributed by atoms with E-state index in [2.05, 4.69) is 35.3 Å². The molecule has 5 rings (SSSR count). The third-order valence-corrected chi connectivity index (χ3v) is 6.81. The molecule has 0 saturated heterocycles. The van der Waals surface area contributed by atoms with Crippen molar-refractivity contribution in [1.29, 1.82) is 0 Å². The van der Waals surface area contributed by atoms with Gasteiger partial charge in [-0.25, -0.2) is 18.2 Å². The molecule has 3 aromatic heterocycles. The summed E-state index contributed by atoms with van der Waals surface area (Å²) < 4.78 is 25.1. The maximum Gasteiger partial charge on any atom is 0.326 e. The summed E-state index contributed by atoms with van der Waals surface area (Å²) in [6.45, 7) is 2.00. The predicted molar refractivity (Wildman–Crippen MR) is 127 cm³/mol. The molecule has 0 bridgehead atoms. The number of H-pyrrole nitrogens is 2. The molecular weight excluding hydrogens is 472 g/mol. The van der Waals surface area contributed by atoms with Gasteiger partial charge in [0.25, 0.3) is 5.62 Å². The van der Waals surface area contributed by atoms with Crippen LogP contribution in [0.25, 0.3) is 11.7 Å². The highest BCUT2D eigenvalue weighted by Crippen LogP contribution is 2.23. The first-order chi connectivity index (χ1) is 16.7. The Bertz CT molecular complexity index is 1680. The molecule has 1 aliphatic carbocycles. The zero-order chi connectivity index (χ0) is 24.7. The van der Waals surface area contributed by atoms with Crippen LogP contribution in [0.1, 0.15) is 43.5 Å². The third kappa shape index (κ3) is 4.80. The van der Waals surface area contributed by atoms with Crippen molar-refractivity contribution in [2.75, 3.05) is 11.6 Å². The Morgan fingerprint density at radius 1 is 1.26 bits per heavy atom. The zero-order valence-electron chi connectivity index (χ0n) is 19.1. The Labute approximate surface area is 199 Å². The van der Waals surface area contributed by atoms with Crippen LogP contribution in [-0.2, 0) is 9.84 Å². The monoisotopic (exact) mass is 496 g/mol. The molecule has 4 N–H and O–H groups in total. The second kappa shape index (κ2) is 8.65. The molecule has 1 aliphatic rings. The van der Waals surface area contributed by atoms with Crippen LogP contribution >= 0.6 is 0 Å². The maximum atomic E-state index is 11.8. The highest BCUT2D eigenvalue weighted by Gasteiger charge is 2.21. The van der Waals surface area contributed by atoms with Gasteiger partial charge in [0.1, 0.15) is 5.69 Å². The van der Waals surface area contributed by atoms with Gasteiger partial charge in [0.2, 0.25) is 11.8 Å². The Kier molecular flexibility index (Phi) is 5.63. The van der Waals surface area contributed by atoms with Crippen LogP contribution < -0.4 is 21.8 Å². The van der Waals surface area contributed by atoms with Crippen molar-refractivity contribution >= 4 is 27.5 Å². The standard InChI is InChI=1S/C22H24N8O4S/c1-3-16(12-4-8-15(9-5-12)35(2,33)34)25-20-27-18-13(10-17-19(31)28-22(32)26-17)11-23-30(18)21(29-20)24-14-6-7-14/h4-5,8-11,14,16,31H,3,6-7H2,1-2H3,(H,24,25,29)(H2,26,28,32). The van der Waals surface area contributed by atoms with Crippen molar-refractivity contribution in [3.05, 3.63) is 63.0 Å². The van der Waals surface area contributed by atoms with E-state index in [0.29, 0.717) is 28.9 Å². The van der Waals surface area contributed by atoms with E-state index < -0.39 is 15.5 Å². The van der Waals surface area contributed by atoms with E-state index in [9.17, 15) is 18.3 Å². The number of benzene rings is 1. The second-order valence-electron chi connectivity index (χ2n) is 8.47. The fourth-order valence-electron chi connectivity index (χ4n) is 3.67. The molecule has 13 heteroatoms. The molecule has 1 unspecified atom stereocenters. The van der Waals surface area contributed by atoms with Gasteiger partial charge in [-0.1, -0.05) is 19.1 Å². The first kappa shape index (κ1) is 22.8. The van der Waals surface area contributed by atoms with Gasteiger partial charge in [0.15, 0.2) is 15.5 Å². The highest BCUT2D eigenvalue weighted by molar-refractivity contribution is 7.90. The number of imidazole rings is 1. The van der Waals surface area contributed by atoms with Crippen molar-refractivity contribution in [2.45, 2.75) is 43.2 Å². The summed E-state index contributed by atoms with van der Waals surface area (Å²) in [6, 6.07) is 6.72. The maximum absolute atomic E-state index is 11.8. The fourth-order valence-corrected chi connectivity index (χ4v) is 4.30. The summed E-state index contributed by atoms with van der Waals surface area (Å²) >= 11 is 0. The number of nitrogens with zero attached hydrogens (tertiary/aromatic N) is 5. The minimum Gasteiger partial charge on any atom is -0.493 e. The van der Waals surface area contributed by atoms with Crippen molar-refractivity contribution in [3.63, 3.8) is 0 Å². The quantitative estimate of drug-likeness (QED) is 0.285. The molecule has 12 nitrogen and oxygen atoms in total. The van der Waals surface area contributed by atoms with Crippen LogP contribution in [0, 0.1) is 0 Å². The van der Waals surface area contributed by atoms with Crippen LogP contribution in [0.2, 0.25) is 0 Å². The molecule has 3 heterocycles. The molecular formula is C22H24N8O4S. The van der Waals surface area contributed by atoms with Crippen molar-refractivity contribution in [1.82, 2.24) is 29.5 Å². The Hall–Kier alpha value is -4.00. The fraction of sp³-hybridized carbons (Fsp3) is 0.318. The molecule has 1 aromatic carbocycles. The Morgan fingerprint density at radius 3 is 2.60 bits per heavy atom. The molecule has 182 valence electrons. The third-order valence-electron chi connectivity index (χ3n) is 5.68. The van der Waals surface area contributed by atoms with Gasteiger partial charge in [0.05, 0.1) is 23.2 Å². The SMILES string of the molecule is CCC(Nc1nc(=NC2CC2)n2ncc(=Cc3[nH]c(=O)[nH]c3O)c2n1)c1ccc(S(C)(=O)=O)cc1. The summed E-state index contributed by atoms with van der Waals surface area (Å²) in [4.78, 5) is 30.4. The van der Waals surface area contributed by atoms with E-state index in [1.165, 1.54) is 10.8 Å². The topological polar surface area (TPSA) is 170 Å². The molecule has 1 saturated carbocycles. The van der Waals surface area contributed by atoms with Gasteiger partial charge in [-0.3, -0.25) is 4.98 Å². The number of aromatic hydroxyl groups is 1. The van der Waals surface area contributed by atoms with E-state index in [1.54, 1.807) is 36.5 Å². The number of rotatable bonds is 7. The van der Waals surface area contributed by atoms with Crippen molar-refractivity contribution in [3.8, 4) is 5.88 Å². The molecule has 0 spiro atoms. The first-order valence-electron chi connectivity index (χ1n) is 11.1. The number of anilines is 1. The van der Waals surface area contributed by atoms with Crippen LogP contribution in [-0.4, -0.2) is 55.4 Å². The molecule has 1 atom stereocenters. The average Bonchev–Trinajstić information content (AvgIpc) is 3.45. The van der Waals surface area contributed by atoms with Gasteiger partial charge in [0, 0.05) is 11.5 Å². The number of aromatic nitrogens is 6. The van der Waals surface area contributed by atoms with E-state index in [1.807, 2.05) is 6.92 Å². The largest absolute Gasteiger partial charge is 0.493 e. The number of sulfone groups is 1. The molecule has 4 aromatic rings. The van der Waals surface area contributed by atoms with E-state index in [4.69, 9.17) is 0 Å². The highest BCUT2D eigenvalue weighted by atomic mass is 32.2. The Balaban J connectivity index is 1.58.